The van der Waals surface area contributed by atoms with Gasteiger partial charge in [0, 0.05) is 10.7 Å². The number of nitrogens with zero attached hydrogens (tertiary/aromatic N) is 1. The van der Waals surface area contributed by atoms with Crippen molar-refractivity contribution in [1.82, 2.24) is 4.98 Å². The third-order valence-corrected chi connectivity index (χ3v) is 2.95. The van der Waals surface area contributed by atoms with Crippen molar-refractivity contribution in [1.29, 1.82) is 0 Å². The monoisotopic (exact) mass is 248 g/mol. The first-order chi connectivity index (χ1) is 8.16. The Hall–Kier alpha value is -1.74. The average Bonchev–Trinajstić information content (AvgIpc) is 2.33. The molecule has 1 aromatic carbocycles. The van der Waals surface area contributed by atoms with Crippen LogP contribution in [0.4, 0.5) is 5.69 Å². The highest BCUT2D eigenvalue weighted by atomic mass is 35.5. The van der Waals surface area contributed by atoms with Crippen LogP contribution in [0.1, 0.15) is 11.3 Å². The third-order valence-electron chi connectivity index (χ3n) is 2.54. The van der Waals surface area contributed by atoms with E-state index >= 15 is 0 Å². The maximum atomic E-state index is 9.12. The molecule has 0 unspecified atom stereocenters. The van der Waals surface area contributed by atoms with E-state index in [1.165, 1.54) is 6.20 Å². The molecule has 0 fully saturated rings. The molecule has 2 rings (SSSR count). The minimum atomic E-state index is 0.174. The summed E-state index contributed by atoms with van der Waals surface area (Å²) in [5.74, 6) is 0.174. The highest BCUT2D eigenvalue weighted by Gasteiger charge is 2.02. The fourth-order valence-corrected chi connectivity index (χ4v) is 1.68. The number of hydrogen-bond acceptors (Lipinski definition) is 3. The normalized spacial score (nSPS) is 10.2. The van der Waals surface area contributed by atoms with Gasteiger partial charge in [-0.25, -0.2) is 0 Å². The molecule has 4 heteroatoms. The van der Waals surface area contributed by atoms with E-state index in [0.717, 1.165) is 22.0 Å². The third kappa shape index (κ3) is 2.88. The Morgan fingerprint density at radius 3 is 2.82 bits per heavy atom. The first-order valence-corrected chi connectivity index (χ1v) is 5.67. The van der Waals surface area contributed by atoms with Gasteiger partial charge in [0.1, 0.15) is 5.75 Å². The van der Waals surface area contributed by atoms with Gasteiger partial charge in [-0.3, -0.25) is 4.98 Å². The van der Waals surface area contributed by atoms with Crippen molar-refractivity contribution in [3.63, 3.8) is 0 Å². The molecule has 0 radical (unpaired) electrons. The lowest BCUT2D eigenvalue weighted by atomic mass is 10.2. The van der Waals surface area contributed by atoms with Gasteiger partial charge in [0.05, 0.1) is 18.4 Å². The molecule has 88 valence electrons. The van der Waals surface area contributed by atoms with E-state index in [1.807, 2.05) is 25.1 Å². The maximum absolute atomic E-state index is 9.12. The van der Waals surface area contributed by atoms with Crippen molar-refractivity contribution in [2.75, 3.05) is 5.32 Å². The zero-order valence-corrected chi connectivity index (χ0v) is 10.2. The van der Waals surface area contributed by atoms with Gasteiger partial charge in [-0.2, -0.15) is 0 Å². The number of hydrogen-bond donors (Lipinski definition) is 2. The van der Waals surface area contributed by atoms with E-state index < -0.39 is 0 Å². The Kier molecular flexibility index (Phi) is 3.49. The van der Waals surface area contributed by atoms with Crippen molar-refractivity contribution in [3.05, 3.63) is 52.8 Å². The summed E-state index contributed by atoms with van der Waals surface area (Å²) in [7, 11) is 0. The molecule has 0 saturated carbocycles. The first-order valence-electron chi connectivity index (χ1n) is 5.29. The molecule has 0 saturated heterocycles. The van der Waals surface area contributed by atoms with Crippen LogP contribution < -0.4 is 5.32 Å². The lowest BCUT2D eigenvalue weighted by Gasteiger charge is -2.10. The topological polar surface area (TPSA) is 45.1 Å². The fraction of sp³-hybridized carbons (Fsp3) is 0.154. The summed E-state index contributed by atoms with van der Waals surface area (Å²) in [6.07, 6.45) is 1.43. The Bertz CT molecular complexity index is 511. The largest absolute Gasteiger partial charge is 0.506 e. The molecule has 3 nitrogen and oxygen atoms in total. The molecule has 2 aromatic rings. The lowest BCUT2D eigenvalue weighted by Crippen LogP contribution is -2.02. The molecule has 0 bridgehead atoms. The molecule has 0 aliphatic carbocycles. The second kappa shape index (κ2) is 5.06. The van der Waals surface area contributed by atoms with Gasteiger partial charge >= 0.3 is 0 Å². The highest BCUT2D eigenvalue weighted by molar-refractivity contribution is 6.31. The molecule has 1 heterocycles. The van der Waals surface area contributed by atoms with Crippen LogP contribution in [0, 0.1) is 6.92 Å². The Morgan fingerprint density at radius 1 is 1.29 bits per heavy atom. The molecule has 0 aliphatic heterocycles. The van der Waals surface area contributed by atoms with Crippen molar-refractivity contribution >= 4 is 17.3 Å². The van der Waals surface area contributed by atoms with Gasteiger partial charge < -0.3 is 10.4 Å². The van der Waals surface area contributed by atoms with Crippen LogP contribution in [0.25, 0.3) is 0 Å². The summed E-state index contributed by atoms with van der Waals surface area (Å²) in [6.45, 7) is 2.57. The Labute approximate surface area is 105 Å². The highest BCUT2D eigenvalue weighted by Crippen LogP contribution is 2.23. The number of rotatable bonds is 3. The number of anilines is 1. The summed E-state index contributed by atoms with van der Waals surface area (Å²) in [5.41, 5.74) is 2.88. The Balaban J connectivity index is 2.07. The zero-order chi connectivity index (χ0) is 12.3. The summed E-state index contributed by atoms with van der Waals surface area (Å²) < 4.78 is 0. The predicted molar refractivity (Wildman–Crippen MR) is 69.4 cm³/mol. The van der Waals surface area contributed by atoms with Gasteiger partial charge in [-0.05, 0) is 36.8 Å². The SMILES string of the molecule is Cc1c(Cl)cccc1NCc1ccc(O)cn1. The first kappa shape index (κ1) is 11.7. The summed E-state index contributed by atoms with van der Waals surface area (Å²) in [5, 5.41) is 13.1. The van der Waals surface area contributed by atoms with Crippen LogP contribution in [0.2, 0.25) is 5.02 Å². The summed E-state index contributed by atoms with van der Waals surface area (Å²) in [6, 6.07) is 9.14. The smallest absolute Gasteiger partial charge is 0.133 e. The van der Waals surface area contributed by atoms with E-state index in [2.05, 4.69) is 10.3 Å². The van der Waals surface area contributed by atoms with E-state index in [9.17, 15) is 0 Å². The predicted octanol–water partition coefficient (Wildman–Crippen LogP) is 3.36. The van der Waals surface area contributed by atoms with Gasteiger partial charge in [0.2, 0.25) is 0 Å². The van der Waals surface area contributed by atoms with Crippen molar-refractivity contribution < 1.29 is 5.11 Å². The van der Waals surface area contributed by atoms with E-state index in [4.69, 9.17) is 16.7 Å². The minimum absolute atomic E-state index is 0.174. The molecule has 17 heavy (non-hydrogen) atoms. The molecule has 0 spiro atoms. The van der Waals surface area contributed by atoms with Gasteiger partial charge in [0.25, 0.3) is 0 Å². The molecular formula is C13H13ClN2O. The lowest BCUT2D eigenvalue weighted by molar-refractivity contribution is 0.472. The summed E-state index contributed by atoms with van der Waals surface area (Å²) >= 11 is 6.03. The fourth-order valence-electron chi connectivity index (χ4n) is 1.51. The van der Waals surface area contributed by atoms with E-state index in [0.29, 0.717) is 6.54 Å². The number of pyridine rings is 1. The zero-order valence-electron chi connectivity index (χ0n) is 9.44. The summed E-state index contributed by atoms with van der Waals surface area (Å²) in [4.78, 5) is 4.10. The number of halogens is 1. The van der Waals surface area contributed by atoms with Gasteiger partial charge in [0.15, 0.2) is 0 Å². The van der Waals surface area contributed by atoms with Gasteiger partial charge in [-0.1, -0.05) is 17.7 Å². The molecule has 1 aromatic heterocycles. The van der Waals surface area contributed by atoms with E-state index in [1.54, 1.807) is 12.1 Å². The standard InChI is InChI=1S/C13H13ClN2O/c1-9-12(14)3-2-4-13(9)16-7-10-5-6-11(17)8-15-10/h2-6,8,16-17H,7H2,1H3. The van der Waals surface area contributed by atoms with Crippen LogP contribution in [-0.2, 0) is 6.54 Å². The maximum Gasteiger partial charge on any atom is 0.133 e. The molecule has 0 amide bonds. The second-order valence-electron chi connectivity index (χ2n) is 3.77. The number of aromatic nitrogens is 1. The van der Waals surface area contributed by atoms with Crippen LogP contribution in [-0.4, -0.2) is 10.1 Å². The molecule has 0 atom stereocenters. The van der Waals surface area contributed by atoms with Crippen LogP contribution >= 0.6 is 11.6 Å². The van der Waals surface area contributed by atoms with Gasteiger partial charge in [-0.15, -0.1) is 0 Å². The van der Waals surface area contributed by atoms with Crippen LogP contribution in [0.15, 0.2) is 36.5 Å². The quantitative estimate of drug-likeness (QED) is 0.876. The number of benzene rings is 1. The Morgan fingerprint density at radius 2 is 2.12 bits per heavy atom. The van der Waals surface area contributed by atoms with Crippen LogP contribution in [0.5, 0.6) is 5.75 Å². The molecular weight excluding hydrogens is 236 g/mol. The number of nitrogens with one attached hydrogen (secondary N) is 1. The van der Waals surface area contributed by atoms with Crippen molar-refractivity contribution in [3.8, 4) is 5.75 Å². The van der Waals surface area contributed by atoms with Crippen LogP contribution in [0.3, 0.4) is 0 Å². The number of aromatic hydroxyl groups is 1. The van der Waals surface area contributed by atoms with Crippen molar-refractivity contribution in [2.24, 2.45) is 0 Å². The molecule has 0 aliphatic rings. The molecule has 2 N–H and O–H groups in total. The second-order valence-corrected chi connectivity index (χ2v) is 4.18. The van der Waals surface area contributed by atoms with Crippen molar-refractivity contribution in [2.45, 2.75) is 13.5 Å². The minimum Gasteiger partial charge on any atom is -0.506 e. The average molecular weight is 249 g/mol. The van der Waals surface area contributed by atoms with E-state index in [-0.39, 0.29) is 5.75 Å².